The molecule has 1 aromatic rings. The molecule has 26 heavy (non-hydrogen) atoms. The lowest BCUT2D eigenvalue weighted by Crippen LogP contribution is -2.41. The van der Waals surface area contributed by atoms with Gasteiger partial charge in [0.1, 0.15) is 24.5 Å². The van der Waals surface area contributed by atoms with Crippen LogP contribution < -0.4 is 15.4 Å². The van der Waals surface area contributed by atoms with Crippen molar-refractivity contribution in [3.05, 3.63) is 29.3 Å². The second-order valence-electron chi connectivity index (χ2n) is 6.82. The summed E-state index contributed by atoms with van der Waals surface area (Å²) in [6.45, 7) is 9.08. The van der Waals surface area contributed by atoms with Crippen molar-refractivity contribution in [2.45, 2.75) is 39.8 Å². The number of esters is 1. The summed E-state index contributed by atoms with van der Waals surface area (Å²) in [6, 6.07) is 6.02. The maximum Gasteiger partial charge on any atom is 0.325 e. The van der Waals surface area contributed by atoms with Crippen LogP contribution in [0.1, 0.15) is 31.9 Å². The molecule has 7 heteroatoms. The average molecular weight is 365 g/mol. The van der Waals surface area contributed by atoms with E-state index in [0.717, 1.165) is 16.9 Å². The molecule has 1 rings (SSSR count). The fourth-order valence-electron chi connectivity index (χ4n) is 2.11. The maximum atomic E-state index is 11.8. The smallest absolute Gasteiger partial charge is 0.325 e. The Labute approximate surface area is 156 Å². The Bertz CT molecular complexity index is 609. The van der Waals surface area contributed by atoms with Gasteiger partial charge in [0.2, 0.25) is 0 Å². The van der Waals surface area contributed by atoms with Crippen LogP contribution >= 0.6 is 0 Å². The van der Waals surface area contributed by atoms with Crippen molar-refractivity contribution in [1.82, 2.24) is 10.6 Å². The predicted octanol–water partition coefficient (Wildman–Crippen LogP) is 2.03. The lowest BCUT2D eigenvalue weighted by atomic mass is 10.1. The van der Waals surface area contributed by atoms with Crippen molar-refractivity contribution in [1.29, 1.82) is 0 Å². The van der Waals surface area contributed by atoms with Crippen LogP contribution in [0, 0.1) is 6.92 Å². The fourth-order valence-corrected chi connectivity index (χ4v) is 2.11. The number of carbonyl (C=O) groups excluding carboxylic acids is 1. The van der Waals surface area contributed by atoms with Crippen LogP contribution in [0.2, 0.25) is 0 Å². The molecule has 0 saturated carbocycles. The number of rotatable bonds is 8. The number of hydrogen-bond donors (Lipinski definition) is 2. The van der Waals surface area contributed by atoms with Gasteiger partial charge in [0.05, 0.1) is 6.61 Å². The third-order valence-corrected chi connectivity index (χ3v) is 3.26. The summed E-state index contributed by atoms with van der Waals surface area (Å²) in [5, 5.41) is 6.12. The first-order valence-electron chi connectivity index (χ1n) is 8.63. The SMILES string of the molecule is CN=C(NCC(=O)OC(C)(C)C)NCc1ccc(C)cc1OCCOC. The van der Waals surface area contributed by atoms with E-state index >= 15 is 0 Å². The number of aliphatic imine (C=N–C) groups is 1. The van der Waals surface area contributed by atoms with E-state index in [9.17, 15) is 4.79 Å². The number of nitrogens with zero attached hydrogens (tertiary/aromatic N) is 1. The molecule has 0 aliphatic heterocycles. The molecule has 0 unspecified atom stereocenters. The molecule has 0 aliphatic rings. The Balaban J connectivity index is 2.59. The molecule has 1 aromatic carbocycles. The zero-order valence-electron chi connectivity index (χ0n) is 16.6. The van der Waals surface area contributed by atoms with Gasteiger partial charge in [0.15, 0.2) is 5.96 Å². The highest BCUT2D eigenvalue weighted by molar-refractivity contribution is 5.84. The van der Waals surface area contributed by atoms with Crippen LogP contribution in [0.25, 0.3) is 0 Å². The predicted molar refractivity (Wildman–Crippen MR) is 103 cm³/mol. The number of guanidine groups is 1. The number of methoxy groups -OCH3 is 1. The van der Waals surface area contributed by atoms with Crippen molar-refractivity contribution >= 4 is 11.9 Å². The van der Waals surface area contributed by atoms with E-state index in [1.165, 1.54) is 0 Å². The Kier molecular flexibility index (Phi) is 8.92. The third kappa shape index (κ3) is 8.71. The van der Waals surface area contributed by atoms with Crippen molar-refractivity contribution < 1.29 is 19.0 Å². The van der Waals surface area contributed by atoms with Gasteiger partial charge in [0, 0.05) is 26.3 Å². The van der Waals surface area contributed by atoms with Crippen LogP contribution in [-0.2, 0) is 20.8 Å². The molecule has 0 atom stereocenters. The minimum absolute atomic E-state index is 0.0437. The Morgan fingerprint density at radius 3 is 2.54 bits per heavy atom. The molecule has 7 nitrogen and oxygen atoms in total. The molecule has 0 saturated heterocycles. The van der Waals surface area contributed by atoms with Gasteiger partial charge in [-0.3, -0.25) is 9.79 Å². The summed E-state index contributed by atoms with van der Waals surface area (Å²) in [5.74, 6) is 0.982. The number of aryl methyl sites for hydroxylation is 1. The van der Waals surface area contributed by atoms with Crippen LogP contribution in [0.15, 0.2) is 23.2 Å². The minimum Gasteiger partial charge on any atom is -0.491 e. The summed E-state index contributed by atoms with van der Waals surface area (Å²) in [4.78, 5) is 15.9. The first kappa shape index (κ1) is 21.8. The molecule has 146 valence electrons. The molecule has 0 heterocycles. The number of ether oxygens (including phenoxy) is 3. The lowest BCUT2D eigenvalue weighted by Gasteiger charge is -2.20. The van der Waals surface area contributed by atoms with Crippen LogP contribution in [-0.4, -0.2) is 51.4 Å². The Morgan fingerprint density at radius 1 is 1.19 bits per heavy atom. The molecule has 0 amide bonds. The summed E-state index contributed by atoms with van der Waals surface area (Å²) in [7, 11) is 3.29. The van der Waals surface area contributed by atoms with Gasteiger partial charge in [-0.25, -0.2) is 0 Å². The van der Waals surface area contributed by atoms with Crippen molar-refractivity contribution in [3.63, 3.8) is 0 Å². The normalized spacial score (nSPS) is 11.8. The van der Waals surface area contributed by atoms with E-state index < -0.39 is 5.60 Å². The van der Waals surface area contributed by atoms with E-state index in [-0.39, 0.29) is 12.5 Å². The molecule has 0 spiro atoms. The molecule has 0 fully saturated rings. The zero-order chi connectivity index (χ0) is 19.6. The Morgan fingerprint density at radius 2 is 1.92 bits per heavy atom. The first-order valence-corrected chi connectivity index (χ1v) is 8.63. The fraction of sp³-hybridized carbons (Fsp3) is 0.579. The van der Waals surface area contributed by atoms with Crippen LogP contribution in [0.4, 0.5) is 0 Å². The highest BCUT2D eigenvalue weighted by atomic mass is 16.6. The molecular weight excluding hydrogens is 334 g/mol. The van der Waals surface area contributed by atoms with E-state index in [1.54, 1.807) is 14.2 Å². The second kappa shape index (κ2) is 10.7. The zero-order valence-corrected chi connectivity index (χ0v) is 16.6. The van der Waals surface area contributed by atoms with Gasteiger partial charge in [-0.1, -0.05) is 12.1 Å². The van der Waals surface area contributed by atoms with E-state index in [0.29, 0.717) is 25.7 Å². The molecule has 0 aromatic heterocycles. The highest BCUT2D eigenvalue weighted by Crippen LogP contribution is 2.20. The van der Waals surface area contributed by atoms with Gasteiger partial charge in [-0.15, -0.1) is 0 Å². The van der Waals surface area contributed by atoms with Crippen molar-refractivity contribution in [2.75, 3.05) is 33.9 Å². The summed E-state index contributed by atoms with van der Waals surface area (Å²) in [6.07, 6.45) is 0. The Hall–Kier alpha value is -2.28. The molecular formula is C19H31N3O4. The van der Waals surface area contributed by atoms with Gasteiger partial charge in [-0.05, 0) is 39.3 Å². The number of benzene rings is 1. The van der Waals surface area contributed by atoms with E-state index in [4.69, 9.17) is 14.2 Å². The number of nitrogens with one attached hydrogen (secondary N) is 2. The minimum atomic E-state index is -0.508. The van der Waals surface area contributed by atoms with Crippen LogP contribution in [0.3, 0.4) is 0 Å². The number of carbonyl (C=O) groups is 1. The lowest BCUT2D eigenvalue weighted by molar-refractivity contribution is -0.153. The molecule has 0 radical (unpaired) electrons. The maximum absolute atomic E-state index is 11.8. The summed E-state index contributed by atoms with van der Waals surface area (Å²) in [5.41, 5.74) is 1.60. The quantitative estimate of drug-likeness (QED) is 0.318. The van der Waals surface area contributed by atoms with Crippen molar-refractivity contribution in [2.24, 2.45) is 4.99 Å². The topological polar surface area (TPSA) is 81.2 Å². The second-order valence-corrected chi connectivity index (χ2v) is 6.82. The largest absolute Gasteiger partial charge is 0.491 e. The molecule has 0 bridgehead atoms. The monoisotopic (exact) mass is 365 g/mol. The van der Waals surface area contributed by atoms with E-state index in [1.807, 2.05) is 45.9 Å². The highest BCUT2D eigenvalue weighted by Gasteiger charge is 2.16. The standard InChI is InChI=1S/C19H31N3O4/c1-14-7-8-15(16(11-14)25-10-9-24-6)12-21-18(20-5)22-13-17(23)26-19(2,3)4/h7-8,11H,9-10,12-13H2,1-6H3,(H2,20,21,22). The number of hydrogen-bond acceptors (Lipinski definition) is 5. The third-order valence-electron chi connectivity index (χ3n) is 3.26. The first-order chi connectivity index (χ1) is 12.2. The van der Waals surface area contributed by atoms with Gasteiger partial charge in [-0.2, -0.15) is 0 Å². The van der Waals surface area contributed by atoms with Gasteiger partial charge in [0.25, 0.3) is 0 Å². The van der Waals surface area contributed by atoms with Gasteiger partial charge < -0.3 is 24.8 Å². The summed E-state index contributed by atoms with van der Waals surface area (Å²) < 4.78 is 16.1. The van der Waals surface area contributed by atoms with Crippen LogP contribution in [0.5, 0.6) is 5.75 Å². The molecule has 2 N–H and O–H groups in total. The van der Waals surface area contributed by atoms with E-state index in [2.05, 4.69) is 15.6 Å². The average Bonchev–Trinajstić information content (AvgIpc) is 2.55. The van der Waals surface area contributed by atoms with Crippen molar-refractivity contribution in [3.8, 4) is 5.75 Å². The molecule has 0 aliphatic carbocycles. The van der Waals surface area contributed by atoms with Gasteiger partial charge >= 0.3 is 5.97 Å². The summed E-state index contributed by atoms with van der Waals surface area (Å²) >= 11 is 0.